The van der Waals surface area contributed by atoms with E-state index in [-0.39, 0.29) is 23.9 Å². The number of hydrogen-bond acceptors (Lipinski definition) is 4. The number of fused-ring (bicyclic) bond motifs is 1. The number of carbonyl (C=O) groups is 1. The van der Waals surface area contributed by atoms with Gasteiger partial charge in [0.1, 0.15) is 12.1 Å². The van der Waals surface area contributed by atoms with Gasteiger partial charge >= 0.3 is 0 Å². The van der Waals surface area contributed by atoms with Crippen molar-refractivity contribution in [3.63, 3.8) is 0 Å². The Morgan fingerprint density at radius 2 is 1.83 bits per heavy atom. The summed E-state index contributed by atoms with van der Waals surface area (Å²) in [6, 6.07) is 16.3. The van der Waals surface area contributed by atoms with E-state index in [0.717, 1.165) is 36.1 Å². The van der Waals surface area contributed by atoms with Crippen molar-refractivity contribution >= 4 is 11.9 Å². The first-order valence-corrected chi connectivity index (χ1v) is 10.1. The minimum absolute atomic E-state index is 0.0572. The predicted octanol–water partition coefficient (Wildman–Crippen LogP) is 4.07. The summed E-state index contributed by atoms with van der Waals surface area (Å²) in [6.45, 7) is 2.08. The number of hydrogen-bond donors (Lipinski definition) is 0. The highest BCUT2D eigenvalue weighted by Crippen LogP contribution is 2.46. The first kappa shape index (κ1) is 17.9. The molecule has 1 amide bonds. The molecule has 2 aliphatic rings. The van der Waals surface area contributed by atoms with E-state index in [9.17, 15) is 4.79 Å². The van der Waals surface area contributed by atoms with Crippen LogP contribution in [-0.2, 0) is 4.79 Å². The SMILES string of the molecule is COc1ccccc1[C@@H]1C[C@@H](c2ccc(C)cc2)N(C(=O)C2CC2)c2ncnn21. The van der Waals surface area contributed by atoms with Gasteiger partial charge in [-0.15, -0.1) is 0 Å². The summed E-state index contributed by atoms with van der Waals surface area (Å²) in [5.74, 6) is 1.71. The van der Waals surface area contributed by atoms with Crippen molar-refractivity contribution in [1.82, 2.24) is 14.8 Å². The maximum absolute atomic E-state index is 13.3. The topological polar surface area (TPSA) is 60.2 Å². The summed E-state index contributed by atoms with van der Waals surface area (Å²) in [5, 5.41) is 4.50. The van der Waals surface area contributed by atoms with Crippen LogP contribution in [0.1, 0.15) is 48.0 Å². The molecule has 6 heteroatoms. The summed E-state index contributed by atoms with van der Waals surface area (Å²) in [6.07, 6.45) is 4.18. The van der Waals surface area contributed by atoms with Crippen molar-refractivity contribution in [1.29, 1.82) is 0 Å². The van der Waals surface area contributed by atoms with Gasteiger partial charge < -0.3 is 4.74 Å². The number of para-hydroxylation sites is 1. The average molecular weight is 388 g/mol. The highest BCUT2D eigenvalue weighted by atomic mass is 16.5. The van der Waals surface area contributed by atoms with Crippen LogP contribution in [0.2, 0.25) is 0 Å². The summed E-state index contributed by atoms with van der Waals surface area (Å²) in [5.41, 5.74) is 3.38. The number of benzene rings is 2. The fourth-order valence-corrected chi connectivity index (χ4v) is 4.25. The van der Waals surface area contributed by atoms with Crippen LogP contribution in [0.5, 0.6) is 5.75 Å². The van der Waals surface area contributed by atoms with Crippen molar-refractivity contribution in [2.75, 3.05) is 12.0 Å². The van der Waals surface area contributed by atoms with Gasteiger partial charge in [-0.2, -0.15) is 10.1 Å². The Bertz CT molecular complexity index is 1040. The van der Waals surface area contributed by atoms with Crippen LogP contribution in [0.3, 0.4) is 0 Å². The van der Waals surface area contributed by atoms with Gasteiger partial charge in [0.25, 0.3) is 0 Å². The number of aromatic nitrogens is 3. The molecule has 2 atom stereocenters. The van der Waals surface area contributed by atoms with Crippen LogP contribution in [0.25, 0.3) is 0 Å². The molecular weight excluding hydrogens is 364 g/mol. The van der Waals surface area contributed by atoms with Gasteiger partial charge in [0.15, 0.2) is 0 Å². The van der Waals surface area contributed by atoms with Crippen LogP contribution in [-0.4, -0.2) is 27.8 Å². The third kappa shape index (κ3) is 3.09. The van der Waals surface area contributed by atoms with E-state index in [1.807, 2.05) is 27.8 Å². The number of aryl methyl sites for hydroxylation is 1. The quantitative estimate of drug-likeness (QED) is 0.676. The zero-order valence-electron chi connectivity index (χ0n) is 16.7. The normalized spacial score (nSPS) is 21.0. The Morgan fingerprint density at radius 3 is 2.55 bits per heavy atom. The second-order valence-corrected chi connectivity index (χ2v) is 7.91. The van der Waals surface area contributed by atoms with Gasteiger partial charge in [-0.25, -0.2) is 4.68 Å². The second kappa shape index (κ2) is 7.03. The van der Waals surface area contributed by atoms with Crippen molar-refractivity contribution in [2.24, 2.45) is 5.92 Å². The largest absolute Gasteiger partial charge is 0.496 e. The molecule has 29 heavy (non-hydrogen) atoms. The molecule has 2 heterocycles. The number of anilines is 1. The van der Waals surface area contributed by atoms with E-state index in [0.29, 0.717) is 5.95 Å². The molecule has 0 bridgehead atoms. The number of ether oxygens (including phenoxy) is 1. The van der Waals surface area contributed by atoms with Gasteiger partial charge in [0, 0.05) is 11.5 Å². The fourth-order valence-electron chi connectivity index (χ4n) is 4.25. The zero-order valence-corrected chi connectivity index (χ0v) is 16.7. The molecule has 0 unspecified atom stereocenters. The van der Waals surface area contributed by atoms with Crippen LogP contribution in [0.15, 0.2) is 54.9 Å². The van der Waals surface area contributed by atoms with E-state index < -0.39 is 0 Å². The first-order valence-electron chi connectivity index (χ1n) is 10.1. The number of amides is 1. The molecule has 2 aromatic carbocycles. The molecular formula is C23H24N4O2. The molecule has 1 aliphatic heterocycles. The van der Waals surface area contributed by atoms with Crippen molar-refractivity contribution < 1.29 is 9.53 Å². The summed E-state index contributed by atoms with van der Waals surface area (Å²) in [4.78, 5) is 19.6. The molecule has 1 aromatic heterocycles. The maximum atomic E-state index is 13.3. The lowest BCUT2D eigenvalue weighted by Gasteiger charge is -2.39. The Labute approximate surface area is 170 Å². The Balaban J connectivity index is 1.64. The van der Waals surface area contributed by atoms with Crippen molar-refractivity contribution in [3.8, 4) is 5.75 Å². The molecule has 148 valence electrons. The van der Waals surface area contributed by atoms with E-state index in [2.05, 4.69) is 47.3 Å². The maximum Gasteiger partial charge on any atom is 0.233 e. The minimum Gasteiger partial charge on any atom is -0.496 e. The van der Waals surface area contributed by atoms with Crippen LogP contribution in [0.4, 0.5) is 5.95 Å². The fraction of sp³-hybridized carbons (Fsp3) is 0.348. The smallest absolute Gasteiger partial charge is 0.233 e. The van der Waals surface area contributed by atoms with Gasteiger partial charge in [-0.3, -0.25) is 9.69 Å². The standard InChI is InChI=1S/C23H24N4O2/c1-15-7-9-16(10-8-15)19-13-20(18-5-3-4-6-21(18)29-2)27-23(24-14-25-27)26(19)22(28)17-11-12-17/h3-10,14,17,19-20H,11-13H2,1-2H3/t19-,20-/m0/s1. The van der Waals surface area contributed by atoms with Crippen molar-refractivity contribution in [2.45, 2.75) is 38.3 Å². The second-order valence-electron chi connectivity index (χ2n) is 7.91. The Morgan fingerprint density at radius 1 is 1.07 bits per heavy atom. The Hall–Kier alpha value is -3.15. The molecule has 0 radical (unpaired) electrons. The summed E-state index contributed by atoms with van der Waals surface area (Å²) in [7, 11) is 1.68. The lowest BCUT2D eigenvalue weighted by molar-refractivity contribution is -0.120. The molecule has 0 N–H and O–H groups in total. The van der Waals surface area contributed by atoms with Gasteiger partial charge in [-0.1, -0.05) is 48.0 Å². The van der Waals surface area contributed by atoms with E-state index in [4.69, 9.17) is 4.74 Å². The first-order chi connectivity index (χ1) is 14.2. The molecule has 5 rings (SSSR count). The molecule has 1 aliphatic carbocycles. The molecule has 0 spiro atoms. The minimum atomic E-state index is -0.0877. The van der Waals surface area contributed by atoms with Crippen molar-refractivity contribution in [3.05, 3.63) is 71.5 Å². The third-order valence-electron chi connectivity index (χ3n) is 5.95. The predicted molar refractivity (Wildman–Crippen MR) is 110 cm³/mol. The average Bonchev–Trinajstić information content (AvgIpc) is 3.49. The third-order valence-corrected chi connectivity index (χ3v) is 5.95. The van der Waals surface area contributed by atoms with Gasteiger partial charge in [0.2, 0.25) is 11.9 Å². The number of carbonyl (C=O) groups excluding carboxylic acids is 1. The van der Waals surface area contributed by atoms with Gasteiger partial charge in [0.05, 0.1) is 19.2 Å². The molecule has 1 saturated carbocycles. The Kier molecular flexibility index (Phi) is 4.34. The highest BCUT2D eigenvalue weighted by molar-refractivity contribution is 5.96. The lowest BCUT2D eigenvalue weighted by Crippen LogP contribution is -2.43. The number of rotatable bonds is 4. The lowest BCUT2D eigenvalue weighted by atomic mass is 9.91. The van der Waals surface area contributed by atoms with Crippen LogP contribution in [0, 0.1) is 12.8 Å². The van der Waals surface area contributed by atoms with E-state index in [1.54, 1.807) is 13.4 Å². The number of methoxy groups -OCH3 is 1. The van der Waals surface area contributed by atoms with Gasteiger partial charge in [-0.05, 0) is 37.8 Å². The highest BCUT2D eigenvalue weighted by Gasteiger charge is 2.44. The molecule has 1 fully saturated rings. The van der Waals surface area contributed by atoms with Crippen LogP contribution >= 0.6 is 0 Å². The van der Waals surface area contributed by atoms with Crippen LogP contribution < -0.4 is 9.64 Å². The number of nitrogens with zero attached hydrogens (tertiary/aromatic N) is 4. The molecule has 3 aromatic rings. The molecule has 6 nitrogen and oxygen atoms in total. The summed E-state index contributed by atoms with van der Waals surface area (Å²) < 4.78 is 7.51. The summed E-state index contributed by atoms with van der Waals surface area (Å²) >= 11 is 0. The molecule has 0 saturated heterocycles. The van der Waals surface area contributed by atoms with E-state index in [1.165, 1.54) is 5.56 Å². The monoisotopic (exact) mass is 388 g/mol. The zero-order chi connectivity index (χ0) is 20.0. The van der Waals surface area contributed by atoms with E-state index >= 15 is 0 Å².